The average molecular weight is 422 g/mol. The van der Waals surface area contributed by atoms with Gasteiger partial charge in [0.25, 0.3) is 5.91 Å². The predicted molar refractivity (Wildman–Crippen MR) is 78.2 cm³/mol. The van der Waals surface area contributed by atoms with Gasteiger partial charge in [-0.25, -0.2) is 4.98 Å². The first-order chi connectivity index (χ1) is 12.6. The smallest absolute Gasteiger partial charge is 0.349 e. The predicted octanol–water partition coefficient (Wildman–Crippen LogP) is 5.05. The minimum absolute atomic E-state index is 0.345. The molecule has 28 heavy (non-hydrogen) atoms. The van der Waals surface area contributed by atoms with Crippen LogP contribution >= 0.6 is 0 Å². The van der Waals surface area contributed by atoms with Crippen molar-refractivity contribution in [2.45, 2.75) is 50.8 Å². The van der Waals surface area contributed by atoms with Gasteiger partial charge in [0.15, 0.2) is 0 Å². The zero-order chi connectivity index (χ0) is 21.5. The fourth-order valence-electron chi connectivity index (χ4n) is 3.19. The Morgan fingerprint density at radius 1 is 0.929 bits per heavy atom. The van der Waals surface area contributed by atoms with Gasteiger partial charge in [0.2, 0.25) is 0 Å². The van der Waals surface area contributed by atoms with E-state index in [-0.39, 0.29) is 11.3 Å². The quantitative estimate of drug-likeness (QED) is 0.678. The van der Waals surface area contributed by atoms with Crippen LogP contribution in [0.3, 0.4) is 0 Å². The van der Waals surface area contributed by atoms with E-state index in [1.54, 1.807) is 0 Å². The molecule has 0 aromatic carbocycles. The topological polar surface area (TPSA) is 42.0 Å². The third-order valence-electron chi connectivity index (χ3n) is 4.59. The van der Waals surface area contributed by atoms with Crippen molar-refractivity contribution in [3.05, 3.63) is 29.1 Å². The highest BCUT2D eigenvalue weighted by Crippen LogP contribution is 2.45. The number of aryl methyl sites for hydroxylation is 1. The van der Waals surface area contributed by atoms with E-state index in [2.05, 4.69) is 10.3 Å². The molecule has 2 rings (SSSR count). The first-order valence-electron chi connectivity index (χ1n) is 8.08. The van der Waals surface area contributed by atoms with Crippen molar-refractivity contribution in [1.82, 2.24) is 10.3 Å². The average Bonchev–Trinajstić information content (AvgIpc) is 2.51. The molecule has 1 amide bonds. The van der Waals surface area contributed by atoms with Gasteiger partial charge < -0.3 is 5.32 Å². The van der Waals surface area contributed by atoms with E-state index >= 15 is 0 Å². The van der Waals surface area contributed by atoms with E-state index in [1.807, 2.05) is 0 Å². The standard InChI is InChI=1S/C16H15F9N2O/c1-7-11(2-3-12(26-7)16(23,24)25)13(28)27-10-5-8(14(17,18)19)4-9(6-10)15(20,21)22/h2-3,8-10H,4-6H2,1H3,(H,27,28)/t8-,9+,10?. The number of hydrogen-bond donors (Lipinski definition) is 1. The largest absolute Gasteiger partial charge is 0.433 e. The number of halogens is 9. The maximum absolute atomic E-state index is 13.0. The molecule has 1 fully saturated rings. The number of carbonyl (C=O) groups excluding carboxylic acids is 1. The first kappa shape index (κ1) is 22.3. The van der Waals surface area contributed by atoms with Crippen LogP contribution in [0.25, 0.3) is 0 Å². The number of amides is 1. The second-order valence-electron chi connectivity index (χ2n) is 6.68. The molecule has 0 bridgehead atoms. The fourth-order valence-corrected chi connectivity index (χ4v) is 3.19. The SMILES string of the molecule is Cc1nc(C(F)(F)F)ccc1C(=O)NC1C[C@@H](C(F)(F)F)C[C@@H](C(F)(F)F)C1. The Hall–Kier alpha value is -2.01. The normalized spacial score (nSPS) is 24.1. The van der Waals surface area contributed by atoms with Gasteiger partial charge in [0, 0.05) is 6.04 Å². The summed E-state index contributed by atoms with van der Waals surface area (Å²) in [6, 6.07) is -0.132. The van der Waals surface area contributed by atoms with Gasteiger partial charge in [-0.3, -0.25) is 4.79 Å². The van der Waals surface area contributed by atoms with Gasteiger partial charge in [-0.05, 0) is 38.3 Å². The lowest BCUT2D eigenvalue weighted by atomic mass is 9.77. The Balaban J connectivity index is 2.20. The number of carbonyl (C=O) groups is 1. The number of nitrogens with one attached hydrogen (secondary N) is 1. The van der Waals surface area contributed by atoms with Crippen LogP contribution in [0.2, 0.25) is 0 Å². The van der Waals surface area contributed by atoms with E-state index in [4.69, 9.17) is 0 Å². The van der Waals surface area contributed by atoms with Crippen molar-refractivity contribution in [2.24, 2.45) is 11.8 Å². The van der Waals surface area contributed by atoms with Crippen molar-refractivity contribution in [3.8, 4) is 0 Å². The molecule has 3 nitrogen and oxygen atoms in total. The molecule has 1 aromatic heterocycles. The number of nitrogens with zero attached hydrogens (tertiary/aromatic N) is 1. The van der Waals surface area contributed by atoms with Gasteiger partial charge >= 0.3 is 18.5 Å². The van der Waals surface area contributed by atoms with Crippen LogP contribution in [0.4, 0.5) is 39.5 Å². The molecule has 1 aliphatic carbocycles. The third kappa shape index (κ3) is 5.28. The summed E-state index contributed by atoms with van der Waals surface area (Å²) in [4.78, 5) is 15.4. The number of aromatic nitrogens is 1. The minimum atomic E-state index is -4.86. The second kappa shape index (κ2) is 7.43. The van der Waals surface area contributed by atoms with Crippen LogP contribution in [0.1, 0.15) is 41.0 Å². The van der Waals surface area contributed by atoms with Gasteiger partial charge in [-0.1, -0.05) is 0 Å². The molecule has 0 spiro atoms. The molecule has 1 aliphatic rings. The number of rotatable bonds is 2. The lowest BCUT2D eigenvalue weighted by molar-refractivity contribution is -0.225. The lowest BCUT2D eigenvalue weighted by Crippen LogP contribution is -2.47. The Morgan fingerprint density at radius 2 is 1.43 bits per heavy atom. The Morgan fingerprint density at radius 3 is 1.82 bits per heavy atom. The zero-order valence-corrected chi connectivity index (χ0v) is 14.3. The lowest BCUT2D eigenvalue weighted by Gasteiger charge is -2.37. The van der Waals surface area contributed by atoms with Crippen LogP contribution in [0.5, 0.6) is 0 Å². The van der Waals surface area contributed by atoms with Crippen molar-refractivity contribution in [2.75, 3.05) is 0 Å². The molecule has 1 unspecified atom stereocenters. The number of pyridine rings is 1. The molecular formula is C16H15F9N2O. The van der Waals surface area contributed by atoms with E-state index in [0.29, 0.717) is 6.07 Å². The van der Waals surface area contributed by atoms with Crippen molar-refractivity contribution in [3.63, 3.8) is 0 Å². The van der Waals surface area contributed by atoms with Crippen LogP contribution < -0.4 is 5.32 Å². The first-order valence-corrected chi connectivity index (χ1v) is 8.08. The number of hydrogen-bond acceptors (Lipinski definition) is 2. The summed E-state index contributed by atoms with van der Waals surface area (Å²) in [5.74, 6) is -5.57. The molecule has 0 saturated heterocycles. The van der Waals surface area contributed by atoms with E-state index < -0.39 is 67.3 Å². The molecule has 158 valence electrons. The molecular weight excluding hydrogens is 407 g/mol. The molecule has 1 saturated carbocycles. The summed E-state index contributed by atoms with van der Waals surface area (Å²) in [5, 5.41) is 2.08. The summed E-state index contributed by atoms with van der Waals surface area (Å²) >= 11 is 0. The van der Waals surface area contributed by atoms with Crippen LogP contribution in [0, 0.1) is 18.8 Å². The van der Waals surface area contributed by atoms with Crippen molar-refractivity contribution < 1.29 is 44.3 Å². The second-order valence-corrected chi connectivity index (χ2v) is 6.68. The van der Waals surface area contributed by atoms with Crippen molar-refractivity contribution >= 4 is 5.91 Å². The maximum atomic E-state index is 13.0. The summed E-state index contributed by atoms with van der Waals surface area (Å²) in [7, 11) is 0. The molecule has 0 aliphatic heterocycles. The van der Waals surface area contributed by atoms with Crippen LogP contribution in [0.15, 0.2) is 12.1 Å². The van der Waals surface area contributed by atoms with Gasteiger partial charge in [0.05, 0.1) is 23.1 Å². The Labute approximate surface area is 153 Å². The zero-order valence-electron chi connectivity index (χ0n) is 14.3. The molecule has 3 atom stereocenters. The van der Waals surface area contributed by atoms with Gasteiger partial charge in [0.1, 0.15) is 5.69 Å². The molecule has 1 heterocycles. The summed E-state index contributed by atoms with van der Waals surface area (Å²) in [6.45, 7) is 1.09. The maximum Gasteiger partial charge on any atom is 0.433 e. The highest BCUT2D eigenvalue weighted by molar-refractivity contribution is 5.95. The van der Waals surface area contributed by atoms with Crippen molar-refractivity contribution in [1.29, 1.82) is 0 Å². The monoisotopic (exact) mass is 422 g/mol. The van der Waals surface area contributed by atoms with Crippen LogP contribution in [-0.4, -0.2) is 29.3 Å². The van der Waals surface area contributed by atoms with Crippen LogP contribution in [-0.2, 0) is 6.18 Å². The fraction of sp³-hybridized carbons (Fsp3) is 0.625. The highest BCUT2D eigenvalue weighted by Gasteiger charge is 2.52. The summed E-state index contributed by atoms with van der Waals surface area (Å²) in [5.41, 5.74) is -1.97. The highest BCUT2D eigenvalue weighted by atomic mass is 19.4. The van der Waals surface area contributed by atoms with Gasteiger partial charge in [-0.2, -0.15) is 39.5 Å². The number of alkyl halides is 9. The molecule has 0 radical (unpaired) electrons. The van der Waals surface area contributed by atoms with Gasteiger partial charge in [-0.15, -0.1) is 0 Å². The summed E-state index contributed by atoms with van der Waals surface area (Å²) < 4.78 is 116. The summed E-state index contributed by atoms with van der Waals surface area (Å²) in [6.07, 6.45) is -17.1. The Bertz CT molecular complexity index is 702. The van der Waals surface area contributed by atoms with E-state index in [9.17, 15) is 44.3 Å². The third-order valence-corrected chi connectivity index (χ3v) is 4.59. The molecule has 1 N–H and O–H groups in total. The molecule has 12 heteroatoms. The molecule has 1 aromatic rings. The van der Waals surface area contributed by atoms with E-state index in [0.717, 1.165) is 13.0 Å². The minimum Gasteiger partial charge on any atom is -0.349 e. The van der Waals surface area contributed by atoms with E-state index in [1.165, 1.54) is 0 Å². The Kier molecular flexibility index (Phi) is 5.91.